The molecule has 0 aliphatic carbocycles. The first-order valence-corrected chi connectivity index (χ1v) is 11.7. The zero-order valence-electron chi connectivity index (χ0n) is 20.8. The molecule has 3 heterocycles. The van der Waals surface area contributed by atoms with Crippen molar-refractivity contribution >= 4 is 17.5 Å². The van der Waals surface area contributed by atoms with Crippen LogP contribution in [0.15, 0.2) is 67.0 Å². The molecule has 0 spiro atoms. The highest BCUT2D eigenvalue weighted by Gasteiger charge is 2.35. The number of fused-ring (bicyclic) bond motifs is 1. The van der Waals surface area contributed by atoms with E-state index in [1.807, 2.05) is 37.3 Å². The molecular weight excluding hydrogens is 499 g/mol. The highest BCUT2D eigenvalue weighted by molar-refractivity contribution is 5.74. The molecule has 196 valence electrons. The van der Waals surface area contributed by atoms with E-state index in [4.69, 9.17) is 9.47 Å². The molecule has 1 N–H and O–H groups in total. The molecule has 1 aliphatic rings. The zero-order chi connectivity index (χ0) is 26.9. The Hall–Kier alpha value is -4.54. The summed E-state index contributed by atoms with van der Waals surface area (Å²) in [6.45, 7) is 2.03. The molecule has 0 saturated carbocycles. The maximum Gasteiger partial charge on any atom is 0.573 e. The summed E-state index contributed by atoms with van der Waals surface area (Å²) in [7, 11) is 3.33. The number of nitrogens with zero attached hydrogens (tertiary/aromatic N) is 4. The van der Waals surface area contributed by atoms with E-state index in [9.17, 15) is 13.2 Å². The molecule has 2 aromatic heterocycles. The summed E-state index contributed by atoms with van der Waals surface area (Å²) in [6.07, 6.45) is -1.54. The second kappa shape index (κ2) is 10.1. The topological polar surface area (TPSA) is 81.6 Å². The van der Waals surface area contributed by atoms with Crippen molar-refractivity contribution in [1.82, 2.24) is 15.0 Å². The monoisotopic (exact) mass is 523 g/mol. The number of aromatic nitrogens is 3. The molecule has 5 rings (SSSR count). The van der Waals surface area contributed by atoms with E-state index >= 15 is 0 Å². The van der Waals surface area contributed by atoms with E-state index in [1.165, 1.54) is 18.3 Å². The van der Waals surface area contributed by atoms with Gasteiger partial charge in [-0.1, -0.05) is 18.2 Å². The Morgan fingerprint density at radius 2 is 1.87 bits per heavy atom. The van der Waals surface area contributed by atoms with Crippen LogP contribution in [0.25, 0.3) is 11.1 Å². The molecule has 0 radical (unpaired) electrons. The number of likely N-dealkylation sites (N-methyl/N-ethyl adjacent to an activating group) is 1. The van der Waals surface area contributed by atoms with Gasteiger partial charge in [-0.15, -0.1) is 13.2 Å². The zero-order valence-corrected chi connectivity index (χ0v) is 20.8. The van der Waals surface area contributed by atoms with Gasteiger partial charge in [0.05, 0.1) is 19.3 Å². The molecule has 2 aromatic carbocycles. The fourth-order valence-electron chi connectivity index (χ4n) is 4.33. The first-order chi connectivity index (χ1) is 18.2. The predicted molar refractivity (Wildman–Crippen MR) is 136 cm³/mol. The Labute approximate surface area is 217 Å². The number of hydrogen-bond donors (Lipinski definition) is 1. The van der Waals surface area contributed by atoms with Crippen molar-refractivity contribution in [2.75, 3.05) is 31.0 Å². The summed E-state index contributed by atoms with van der Waals surface area (Å²) >= 11 is 0. The minimum atomic E-state index is -4.81. The Morgan fingerprint density at radius 1 is 1.05 bits per heavy atom. The summed E-state index contributed by atoms with van der Waals surface area (Å²) in [5.74, 6) is 1.50. The van der Waals surface area contributed by atoms with Gasteiger partial charge < -0.3 is 24.4 Å². The van der Waals surface area contributed by atoms with Gasteiger partial charge in [0, 0.05) is 41.8 Å². The number of ether oxygens (including phenoxy) is 3. The van der Waals surface area contributed by atoms with Crippen molar-refractivity contribution in [3.05, 3.63) is 78.2 Å². The molecule has 11 heteroatoms. The number of methoxy groups -OCH3 is 1. The summed E-state index contributed by atoms with van der Waals surface area (Å²) in [5.41, 5.74) is 3.80. The number of rotatable bonds is 6. The molecule has 8 nitrogen and oxygen atoms in total. The van der Waals surface area contributed by atoms with Gasteiger partial charge in [-0.25, -0.2) is 4.98 Å². The van der Waals surface area contributed by atoms with E-state index in [1.54, 1.807) is 37.4 Å². The average Bonchev–Trinajstić information content (AvgIpc) is 2.89. The van der Waals surface area contributed by atoms with Crippen LogP contribution < -0.4 is 24.4 Å². The van der Waals surface area contributed by atoms with Crippen molar-refractivity contribution in [1.29, 1.82) is 0 Å². The number of benzene rings is 2. The van der Waals surface area contributed by atoms with Gasteiger partial charge in [-0.05, 0) is 42.8 Å². The lowest BCUT2D eigenvalue weighted by atomic mass is 10.0. The average molecular weight is 524 g/mol. The number of aryl methyl sites for hydroxylation is 1. The Balaban J connectivity index is 1.41. The third-order valence-electron chi connectivity index (χ3n) is 6.10. The van der Waals surface area contributed by atoms with Gasteiger partial charge in [-0.3, -0.25) is 4.98 Å². The fourth-order valence-corrected chi connectivity index (χ4v) is 4.33. The minimum Gasteiger partial charge on any atom is -0.496 e. The van der Waals surface area contributed by atoms with Crippen LogP contribution in [-0.2, 0) is 0 Å². The lowest BCUT2D eigenvalue weighted by molar-refractivity contribution is -0.275. The van der Waals surface area contributed by atoms with Gasteiger partial charge in [-0.2, -0.15) is 4.98 Å². The number of anilines is 3. The number of halogens is 3. The second-order valence-electron chi connectivity index (χ2n) is 8.63. The normalized spacial score (nSPS) is 14.9. The first-order valence-electron chi connectivity index (χ1n) is 11.7. The lowest BCUT2D eigenvalue weighted by Gasteiger charge is -2.35. The van der Waals surface area contributed by atoms with E-state index < -0.39 is 12.4 Å². The number of para-hydroxylation sites is 1. The Bertz CT molecular complexity index is 1460. The number of hydrogen-bond acceptors (Lipinski definition) is 8. The Kier molecular flexibility index (Phi) is 6.66. The maximum atomic E-state index is 13.0. The predicted octanol–water partition coefficient (Wildman–Crippen LogP) is 6.07. The summed E-state index contributed by atoms with van der Waals surface area (Å²) < 4.78 is 54.6. The number of pyridine rings is 1. The molecule has 1 atom stereocenters. The van der Waals surface area contributed by atoms with Crippen LogP contribution in [0, 0.1) is 6.92 Å². The van der Waals surface area contributed by atoms with Crippen molar-refractivity contribution in [2.45, 2.75) is 19.3 Å². The van der Waals surface area contributed by atoms with Crippen LogP contribution in [-0.4, -0.2) is 42.1 Å². The smallest absolute Gasteiger partial charge is 0.496 e. The van der Waals surface area contributed by atoms with E-state index in [0.717, 1.165) is 16.8 Å². The van der Waals surface area contributed by atoms with Crippen molar-refractivity contribution < 1.29 is 27.4 Å². The van der Waals surface area contributed by atoms with Crippen LogP contribution in [0.4, 0.5) is 30.6 Å². The molecule has 0 amide bonds. The molecule has 38 heavy (non-hydrogen) atoms. The van der Waals surface area contributed by atoms with Gasteiger partial charge >= 0.3 is 6.36 Å². The summed E-state index contributed by atoms with van der Waals surface area (Å²) in [5, 5.41) is 3.17. The second-order valence-corrected chi connectivity index (χ2v) is 8.63. The van der Waals surface area contributed by atoms with E-state index in [0.29, 0.717) is 28.6 Å². The van der Waals surface area contributed by atoms with Crippen LogP contribution >= 0.6 is 0 Å². The van der Waals surface area contributed by atoms with E-state index in [-0.39, 0.29) is 18.3 Å². The summed E-state index contributed by atoms with van der Waals surface area (Å²) in [6, 6.07) is 15.0. The molecule has 0 bridgehead atoms. The quantitative estimate of drug-likeness (QED) is 0.326. The molecule has 1 unspecified atom stereocenters. The third kappa shape index (κ3) is 5.26. The largest absolute Gasteiger partial charge is 0.573 e. The fraction of sp³-hybridized carbons (Fsp3) is 0.222. The highest BCUT2D eigenvalue weighted by Crippen LogP contribution is 2.41. The molecule has 0 saturated heterocycles. The summed E-state index contributed by atoms with van der Waals surface area (Å²) in [4.78, 5) is 14.9. The lowest BCUT2D eigenvalue weighted by Crippen LogP contribution is -2.35. The van der Waals surface area contributed by atoms with Crippen molar-refractivity contribution in [3.8, 4) is 28.4 Å². The van der Waals surface area contributed by atoms with Gasteiger partial charge in [0.25, 0.3) is 0 Å². The van der Waals surface area contributed by atoms with Gasteiger partial charge in [0.2, 0.25) is 5.95 Å². The van der Waals surface area contributed by atoms with Crippen molar-refractivity contribution in [2.24, 2.45) is 0 Å². The maximum absolute atomic E-state index is 13.0. The van der Waals surface area contributed by atoms with Gasteiger partial charge in [0.15, 0.2) is 11.6 Å². The number of nitrogens with one attached hydrogen (secondary N) is 1. The van der Waals surface area contributed by atoms with Crippen LogP contribution in [0.3, 0.4) is 0 Å². The molecule has 4 aromatic rings. The minimum absolute atomic E-state index is 0.102. The van der Waals surface area contributed by atoms with Crippen LogP contribution in [0.5, 0.6) is 17.2 Å². The van der Waals surface area contributed by atoms with Crippen molar-refractivity contribution in [3.63, 3.8) is 0 Å². The number of alkyl halides is 3. The van der Waals surface area contributed by atoms with E-state index in [2.05, 4.69) is 25.0 Å². The van der Waals surface area contributed by atoms with Crippen LogP contribution in [0.1, 0.15) is 17.3 Å². The molecule has 1 aliphatic heterocycles. The van der Waals surface area contributed by atoms with Crippen LogP contribution in [0.2, 0.25) is 0 Å². The Morgan fingerprint density at radius 3 is 2.63 bits per heavy atom. The molecule has 0 fully saturated rings. The third-order valence-corrected chi connectivity index (χ3v) is 6.10. The standard InChI is InChI=1S/C27H24F3N5O3/c1-16-12-17(10-11-31-16)19-9-8-18(13-23(19)36-3)33-26-32-14-24-25(34-26)35(2)21(15-37-24)20-6-4-5-7-22(20)38-27(28,29)30/h4-14,21H,15H2,1-3H3,(H,32,33,34). The SMILES string of the molecule is COc1cc(Nc2ncc3c(n2)N(C)C(c2ccccc2OC(F)(F)F)CO3)ccc1-c1ccnc(C)c1. The van der Waals surface area contributed by atoms with Gasteiger partial charge in [0.1, 0.15) is 18.1 Å². The highest BCUT2D eigenvalue weighted by atomic mass is 19.4. The first kappa shape index (κ1) is 25.1. The molecular formula is C27H24F3N5O3.